The van der Waals surface area contributed by atoms with Gasteiger partial charge in [0.1, 0.15) is 0 Å². The molecule has 0 aromatic rings. The minimum absolute atomic E-state index is 0.359. The van der Waals surface area contributed by atoms with Gasteiger partial charge in [-0.25, -0.2) is 0 Å². The van der Waals surface area contributed by atoms with Gasteiger partial charge in [-0.15, -0.1) is 0 Å². The van der Waals surface area contributed by atoms with E-state index in [1.807, 2.05) is 0 Å². The summed E-state index contributed by atoms with van der Waals surface area (Å²) in [5, 5.41) is 0. The van der Waals surface area contributed by atoms with Crippen LogP contribution in [-0.4, -0.2) is 29.8 Å². The van der Waals surface area contributed by atoms with E-state index in [-0.39, 0.29) is 0 Å². The van der Waals surface area contributed by atoms with Gasteiger partial charge in [0.05, 0.1) is 6.04 Å². The molecule has 4 rings (SSSR count). The molecule has 2 heteroatoms. The first-order valence-corrected chi connectivity index (χ1v) is 5.14. The Morgan fingerprint density at radius 1 is 1.08 bits per heavy atom. The number of hydrogen-bond donors (Lipinski definition) is 0. The van der Waals surface area contributed by atoms with E-state index in [0.717, 1.165) is 18.8 Å². The zero-order valence-electron chi connectivity index (χ0n) is 7.33. The summed E-state index contributed by atoms with van der Waals surface area (Å²) in [5.41, 5.74) is 0. The molecule has 12 heavy (non-hydrogen) atoms. The molecule has 1 saturated carbocycles. The zero-order chi connectivity index (χ0) is 8.13. The molecule has 0 radical (unpaired) electrons. The number of carbonyl (C=O) groups excluding carboxylic acids is 1. The van der Waals surface area contributed by atoms with Crippen LogP contribution in [0.4, 0.5) is 0 Å². The van der Waals surface area contributed by atoms with Crippen LogP contribution >= 0.6 is 0 Å². The van der Waals surface area contributed by atoms with Crippen LogP contribution in [0.3, 0.4) is 0 Å². The minimum Gasteiger partial charge on any atom is -0.298 e. The number of rotatable bonds is 1. The van der Waals surface area contributed by atoms with Crippen LogP contribution in [0.2, 0.25) is 0 Å². The van der Waals surface area contributed by atoms with Crippen molar-refractivity contribution in [2.24, 2.45) is 11.8 Å². The van der Waals surface area contributed by atoms with E-state index >= 15 is 0 Å². The third-order valence-corrected chi connectivity index (χ3v) is 3.69. The molecule has 0 spiro atoms. The molecule has 2 nitrogen and oxygen atoms in total. The van der Waals surface area contributed by atoms with Gasteiger partial charge in [-0.3, -0.25) is 9.69 Å². The molecule has 4 aliphatic rings. The SMILES string of the molecule is O=C1C2CCN(CC2)C1C1CC1. The summed E-state index contributed by atoms with van der Waals surface area (Å²) in [6.07, 6.45) is 4.89. The molecular formula is C10H15NO. The third-order valence-electron chi connectivity index (χ3n) is 3.69. The lowest BCUT2D eigenvalue weighted by Crippen LogP contribution is -2.56. The van der Waals surface area contributed by atoms with Crippen LogP contribution in [0.5, 0.6) is 0 Å². The molecule has 4 fully saturated rings. The maximum atomic E-state index is 11.8. The summed E-state index contributed by atoms with van der Waals surface area (Å²) < 4.78 is 0. The lowest BCUT2D eigenvalue weighted by molar-refractivity contribution is -0.137. The second kappa shape index (κ2) is 2.32. The van der Waals surface area contributed by atoms with Gasteiger partial charge >= 0.3 is 0 Å². The predicted octanol–water partition coefficient (Wildman–Crippen LogP) is 1.06. The minimum atomic E-state index is 0.359. The number of hydrogen-bond acceptors (Lipinski definition) is 2. The Kier molecular flexibility index (Phi) is 1.37. The molecule has 3 saturated heterocycles. The highest BCUT2D eigenvalue weighted by Gasteiger charge is 2.47. The maximum Gasteiger partial charge on any atom is 0.153 e. The first kappa shape index (κ1) is 7.07. The van der Waals surface area contributed by atoms with E-state index in [2.05, 4.69) is 4.90 Å². The van der Waals surface area contributed by atoms with Crippen LogP contribution in [0, 0.1) is 11.8 Å². The lowest BCUT2D eigenvalue weighted by atomic mass is 9.80. The fraction of sp³-hybridized carbons (Fsp3) is 0.900. The van der Waals surface area contributed by atoms with E-state index in [1.54, 1.807) is 0 Å². The second-order valence-electron chi connectivity index (χ2n) is 4.49. The van der Waals surface area contributed by atoms with Crippen LogP contribution in [0.1, 0.15) is 25.7 Å². The van der Waals surface area contributed by atoms with Crippen molar-refractivity contribution in [3.05, 3.63) is 0 Å². The number of Topliss-reactive ketones (excluding diaryl/α,β-unsaturated/α-hetero) is 1. The van der Waals surface area contributed by atoms with Gasteiger partial charge in [-0.2, -0.15) is 0 Å². The molecule has 1 aliphatic carbocycles. The first-order chi connectivity index (χ1) is 5.86. The van der Waals surface area contributed by atoms with Crippen LogP contribution in [0.15, 0.2) is 0 Å². The molecule has 1 atom stereocenters. The fourth-order valence-electron chi connectivity index (χ4n) is 2.83. The van der Waals surface area contributed by atoms with Crippen molar-refractivity contribution in [3.8, 4) is 0 Å². The number of nitrogens with zero attached hydrogens (tertiary/aromatic N) is 1. The van der Waals surface area contributed by atoms with E-state index in [0.29, 0.717) is 17.7 Å². The number of ketones is 1. The second-order valence-corrected chi connectivity index (χ2v) is 4.49. The van der Waals surface area contributed by atoms with Gasteiger partial charge in [0, 0.05) is 5.92 Å². The normalized spacial score (nSPS) is 46.7. The molecule has 0 N–H and O–H groups in total. The van der Waals surface area contributed by atoms with Crippen molar-refractivity contribution in [2.75, 3.05) is 13.1 Å². The van der Waals surface area contributed by atoms with Gasteiger partial charge in [0.25, 0.3) is 0 Å². The smallest absolute Gasteiger partial charge is 0.153 e. The average Bonchev–Trinajstić information content (AvgIpc) is 2.90. The molecule has 2 bridgehead atoms. The third kappa shape index (κ3) is 0.875. The monoisotopic (exact) mass is 165 g/mol. The van der Waals surface area contributed by atoms with E-state index in [9.17, 15) is 4.79 Å². The quantitative estimate of drug-likeness (QED) is 0.579. The molecule has 0 aromatic carbocycles. The van der Waals surface area contributed by atoms with Crippen LogP contribution < -0.4 is 0 Å². The standard InChI is InChI=1S/C10H15NO/c12-10-8-3-5-11(6-4-8)9(10)7-1-2-7/h7-9H,1-6H2. The largest absolute Gasteiger partial charge is 0.298 e. The predicted molar refractivity (Wildman–Crippen MR) is 45.8 cm³/mol. The Morgan fingerprint density at radius 3 is 2.25 bits per heavy atom. The van der Waals surface area contributed by atoms with E-state index in [1.165, 1.54) is 25.9 Å². The highest BCUT2D eigenvalue weighted by molar-refractivity contribution is 5.88. The summed E-state index contributed by atoms with van der Waals surface area (Å²) in [6.45, 7) is 2.38. The Labute approximate surface area is 72.9 Å². The van der Waals surface area contributed by atoms with Crippen LogP contribution in [0.25, 0.3) is 0 Å². The Balaban J connectivity index is 1.86. The van der Waals surface area contributed by atoms with Crippen molar-refractivity contribution < 1.29 is 4.79 Å². The Morgan fingerprint density at radius 2 is 1.75 bits per heavy atom. The molecule has 0 amide bonds. The summed E-state index contributed by atoms with van der Waals surface area (Å²) in [4.78, 5) is 14.3. The summed E-state index contributed by atoms with van der Waals surface area (Å²) in [6, 6.07) is 0.359. The topological polar surface area (TPSA) is 20.3 Å². The highest BCUT2D eigenvalue weighted by Crippen LogP contribution is 2.42. The number of piperidine rings is 3. The summed E-state index contributed by atoms with van der Waals surface area (Å²) in [5.74, 6) is 1.77. The Hall–Kier alpha value is -0.370. The van der Waals surface area contributed by atoms with Gasteiger partial charge in [0.15, 0.2) is 5.78 Å². The van der Waals surface area contributed by atoms with Gasteiger partial charge in [-0.05, 0) is 44.7 Å². The average molecular weight is 165 g/mol. The zero-order valence-corrected chi connectivity index (χ0v) is 7.33. The molecule has 3 aliphatic heterocycles. The highest BCUT2D eigenvalue weighted by atomic mass is 16.1. The van der Waals surface area contributed by atoms with Crippen molar-refractivity contribution in [1.29, 1.82) is 0 Å². The molecular weight excluding hydrogens is 150 g/mol. The van der Waals surface area contributed by atoms with Crippen molar-refractivity contribution in [2.45, 2.75) is 31.7 Å². The molecule has 1 unspecified atom stereocenters. The summed E-state index contributed by atoms with van der Waals surface area (Å²) >= 11 is 0. The Bertz CT molecular complexity index is 214. The first-order valence-electron chi connectivity index (χ1n) is 5.14. The summed E-state index contributed by atoms with van der Waals surface area (Å²) in [7, 11) is 0. The lowest BCUT2D eigenvalue weighted by Gasteiger charge is -2.44. The van der Waals surface area contributed by atoms with E-state index < -0.39 is 0 Å². The molecule has 0 aromatic heterocycles. The number of fused-ring (bicyclic) bond motifs is 3. The van der Waals surface area contributed by atoms with E-state index in [4.69, 9.17) is 0 Å². The van der Waals surface area contributed by atoms with Crippen LogP contribution in [-0.2, 0) is 4.79 Å². The van der Waals surface area contributed by atoms with Crippen molar-refractivity contribution in [1.82, 2.24) is 4.90 Å². The van der Waals surface area contributed by atoms with Gasteiger partial charge < -0.3 is 0 Å². The fourth-order valence-corrected chi connectivity index (χ4v) is 2.83. The van der Waals surface area contributed by atoms with Gasteiger partial charge in [-0.1, -0.05) is 0 Å². The molecule has 66 valence electrons. The van der Waals surface area contributed by atoms with Crippen molar-refractivity contribution in [3.63, 3.8) is 0 Å². The van der Waals surface area contributed by atoms with Crippen molar-refractivity contribution >= 4 is 5.78 Å². The van der Waals surface area contributed by atoms with Gasteiger partial charge in [0.2, 0.25) is 0 Å². The molecule has 3 heterocycles. The number of carbonyl (C=O) groups is 1. The maximum absolute atomic E-state index is 11.8.